The highest BCUT2D eigenvalue weighted by atomic mass is 35.5. The first-order valence-corrected chi connectivity index (χ1v) is 7.85. The second kappa shape index (κ2) is 8.36. The molecule has 0 aliphatic rings. The normalized spacial score (nSPS) is 9.92. The fourth-order valence-electron chi connectivity index (χ4n) is 2.65. The van der Waals surface area contributed by atoms with E-state index in [0.717, 1.165) is 28.6 Å². The molecule has 0 aliphatic carbocycles. The van der Waals surface area contributed by atoms with Crippen molar-refractivity contribution in [3.05, 3.63) is 66.7 Å². The van der Waals surface area contributed by atoms with E-state index in [0.29, 0.717) is 11.4 Å². The number of nitrogens with zero attached hydrogens (tertiary/aromatic N) is 1. The van der Waals surface area contributed by atoms with Gasteiger partial charge < -0.3 is 25.8 Å². The maximum Gasteiger partial charge on any atom is 0.143 e. The number of hydrogen-bond acceptors (Lipinski definition) is 5. The molecule has 3 aromatic carbocycles. The molecule has 0 heterocycles. The van der Waals surface area contributed by atoms with Gasteiger partial charge in [0, 0.05) is 28.8 Å². The number of methoxy groups -OCH3 is 2. The lowest BCUT2D eigenvalue weighted by Gasteiger charge is -2.27. The molecule has 0 saturated heterocycles. The molecule has 0 fully saturated rings. The molecule has 4 N–H and O–H groups in total. The van der Waals surface area contributed by atoms with Crippen LogP contribution < -0.4 is 25.8 Å². The lowest BCUT2D eigenvalue weighted by atomic mass is 10.1. The summed E-state index contributed by atoms with van der Waals surface area (Å²) in [7, 11) is 3.29. The van der Waals surface area contributed by atoms with Gasteiger partial charge in [-0.3, -0.25) is 0 Å². The molecule has 0 amide bonds. The van der Waals surface area contributed by atoms with Gasteiger partial charge in [0.1, 0.15) is 11.5 Å². The van der Waals surface area contributed by atoms with Crippen molar-refractivity contribution < 1.29 is 9.47 Å². The van der Waals surface area contributed by atoms with Crippen LogP contribution in [0.3, 0.4) is 0 Å². The summed E-state index contributed by atoms with van der Waals surface area (Å²) in [5, 5.41) is 0. The average Bonchev–Trinajstić information content (AvgIpc) is 2.65. The third kappa shape index (κ3) is 3.95. The van der Waals surface area contributed by atoms with Crippen LogP contribution in [0.25, 0.3) is 0 Å². The van der Waals surface area contributed by atoms with Gasteiger partial charge in [-0.15, -0.1) is 12.4 Å². The van der Waals surface area contributed by atoms with Crippen LogP contribution in [-0.2, 0) is 0 Å². The molecule has 0 bridgehead atoms. The highest BCUT2D eigenvalue weighted by Crippen LogP contribution is 2.42. The van der Waals surface area contributed by atoms with Crippen molar-refractivity contribution in [2.75, 3.05) is 30.6 Å². The van der Waals surface area contributed by atoms with E-state index in [2.05, 4.69) is 4.90 Å². The van der Waals surface area contributed by atoms with Crippen LogP contribution in [0.4, 0.5) is 28.4 Å². The number of anilines is 5. The second-order valence-corrected chi connectivity index (χ2v) is 5.56. The molecule has 5 nitrogen and oxygen atoms in total. The topological polar surface area (TPSA) is 73.7 Å². The van der Waals surface area contributed by atoms with E-state index >= 15 is 0 Å². The third-order valence-corrected chi connectivity index (χ3v) is 3.93. The summed E-state index contributed by atoms with van der Waals surface area (Å²) in [6, 6.07) is 21.0. The number of ether oxygens (including phenoxy) is 2. The standard InChI is InChI=1S/C20H21N3O2.ClH/c1-24-18-11-12-20(25-2)19(13-18)23(16-7-3-14(21)4-8-16)17-9-5-15(22)6-10-17;/h3-13H,21-22H2,1-2H3;1H. The summed E-state index contributed by atoms with van der Waals surface area (Å²) in [5.41, 5.74) is 15.9. The first-order valence-electron chi connectivity index (χ1n) is 7.85. The number of nitrogen functional groups attached to an aromatic ring is 2. The zero-order valence-electron chi connectivity index (χ0n) is 14.7. The minimum atomic E-state index is 0. The van der Waals surface area contributed by atoms with Crippen molar-refractivity contribution in [1.29, 1.82) is 0 Å². The van der Waals surface area contributed by atoms with Gasteiger partial charge in [0.2, 0.25) is 0 Å². The molecule has 6 heteroatoms. The predicted molar refractivity (Wildman–Crippen MR) is 110 cm³/mol. The summed E-state index contributed by atoms with van der Waals surface area (Å²) in [5.74, 6) is 1.47. The molecule has 26 heavy (non-hydrogen) atoms. The Hall–Kier alpha value is -3.05. The quantitative estimate of drug-likeness (QED) is 0.632. The summed E-state index contributed by atoms with van der Waals surface area (Å²) in [6.07, 6.45) is 0. The monoisotopic (exact) mass is 371 g/mol. The van der Waals surface area contributed by atoms with Crippen molar-refractivity contribution in [3.8, 4) is 11.5 Å². The molecule has 136 valence electrons. The Balaban J connectivity index is 0.00000243. The van der Waals surface area contributed by atoms with Gasteiger partial charge in [0.05, 0.1) is 19.9 Å². The number of hydrogen-bond donors (Lipinski definition) is 2. The number of nitrogens with two attached hydrogens (primary N) is 2. The van der Waals surface area contributed by atoms with Crippen molar-refractivity contribution in [2.45, 2.75) is 0 Å². The maximum absolute atomic E-state index is 5.85. The van der Waals surface area contributed by atoms with E-state index < -0.39 is 0 Å². The van der Waals surface area contributed by atoms with Gasteiger partial charge >= 0.3 is 0 Å². The molecular formula is C20H22ClN3O2. The Kier molecular flexibility index (Phi) is 6.20. The van der Waals surface area contributed by atoms with E-state index in [1.54, 1.807) is 14.2 Å². The number of halogens is 1. The molecule has 3 aromatic rings. The summed E-state index contributed by atoms with van der Waals surface area (Å²) in [6.45, 7) is 0. The van der Waals surface area contributed by atoms with Crippen LogP contribution in [0.5, 0.6) is 11.5 Å². The molecule has 3 rings (SSSR count). The fraction of sp³-hybridized carbons (Fsp3) is 0.100. The zero-order valence-corrected chi connectivity index (χ0v) is 15.5. The molecule has 0 unspecified atom stereocenters. The molecule has 0 aromatic heterocycles. The van der Waals surface area contributed by atoms with Gasteiger partial charge in [0.25, 0.3) is 0 Å². The Morgan fingerprint density at radius 1 is 0.692 bits per heavy atom. The Bertz CT molecular complexity index is 806. The smallest absolute Gasteiger partial charge is 0.143 e. The van der Waals surface area contributed by atoms with Crippen molar-refractivity contribution in [3.63, 3.8) is 0 Å². The lowest BCUT2D eigenvalue weighted by molar-refractivity contribution is 0.404. The zero-order chi connectivity index (χ0) is 17.8. The molecule has 0 radical (unpaired) electrons. The van der Waals surface area contributed by atoms with Crippen LogP contribution in [0, 0.1) is 0 Å². The third-order valence-electron chi connectivity index (χ3n) is 3.93. The Morgan fingerprint density at radius 3 is 1.62 bits per heavy atom. The second-order valence-electron chi connectivity index (χ2n) is 5.56. The molecule has 0 saturated carbocycles. The largest absolute Gasteiger partial charge is 0.497 e. The van der Waals surface area contributed by atoms with Crippen LogP contribution in [-0.4, -0.2) is 14.2 Å². The van der Waals surface area contributed by atoms with Gasteiger partial charge in [-0.05, 0) is 60.7 Å². The van der Waals surface area contributed by atoms with Gasteiger partial charge in [-0.1, -0.05) is 0 Å². The fourth-order valence-corrected chi connectivity index (χ4v) is 2.65. The predicted octanol–water partition coefficient (Wildman–Crippen LogP) is 4.76. The number of benzene rings is 3. The Morgan fingerprint density at radius 2 is 1.19 bits per heavy atom. The highest BCUT2D eigenvalue weighted by Gasteiger charge is 2.17. The molecule has 0 aliphatic heterocycles. The SMILES string of the molecule is COc1ccc(OC)c(N(c2ccc(N)cc2)c2ccc(N)cc2)c1.Cl. The van der Waals surface area contributed by atoms with Crippen molar-refractivity contribution >= 4 is 40.8 Å². The first-order chi connectivity index (χ1) is 12.1. The van der Waals surface area contributed by atoms with E-state index in [1.165, 1.54) is 0 Å². The summed E-state index contributed by atoms with van der Waals surface area (Å²) >= 11 is 0. The first kappa shape index (κ1) is 19.3. The van der Waals surface area contributed by atoms with Crippen LogP contribution in [0.15, 0.2) is 66.7 Å². The highest BCUT2D eigenvalue weighted by molar-refractivity contribution is 5.85. The Labute approximate surface area is 159 Å². The summed E-state index contributed by atoms with van der Waals surface area (Å²) < 4.78 is 11.0. The average molecular weight is 372 g/mol. The maximum atomic E-state index is 5.85. The van der Waals surface area contributed by atoms with E-state index in [1.807, 2.05) is 66.7 Å². The van der Waals surface area contributed by atoms with Crippen LogP contribution in [0.1, 0.15) is 0 Å². The van der Waals surface area contributed by atoms with Crippen molar-refractivity contribution in [1.82, 2.24) is 0 Å². The lowest BCUT2D eigenvalue weighted by Crippen LogP contribution is -2.11. The van der Waals surface area contributed by atoms with E-state index in [9.17, 15) is 0 Å². The molecule has 0 spiro atoms. The van der Waals surface area contributed by atoms with Gasteiger partial charge in [0.15, 0.2) is 0 Å². The molecule has 0 atom stereocenters. The summed E-state index contributed by atoms with van der Waals surface area (Å²) in [4.78, 5) is 2.07. The van der Waals surface area contributed by atoms with Crippen LogP contribution >= 0.6 is 12.4 Å². The van der Waals surface area contributed by atoms with E-state index in [-0.39, 0.29) is 12.4 Å². The van der Waals surface area contributed by atoms with Gasteiger partial charge in [-0.25, -0.2) is 0 Å². The minimum Gasteiger partial charge on any atom is -0.497 e. The minimum absolute atomic E-state index is 0. The number of rotatable bonds is 5. The van der Waals surface area contributed by atoms with Crippen molar-refractivity contribution in [2.24, 2.45) is 0 Å². The van der Waals surface area contributed by atoms with Gasteiger partial charge in [-0.2, -0.15) is 0 Å². The van der Waals surface area contributed by atoms with E-state index in [4.69, 9.17) is 20.9 Å². The van der Waals surface area contributed by atoms with Crippen LogP contribution in [0.2, 0.25) is 0 Å². The molecular weight excluding hydrogens is 350 g/mol.